The van der Waals surface area contributed by atoms with Gasteiger partial charge in [-0.2, -0.15) is 0 Å². The van der Waals surface area contributed by atoms with Crippen LogP contribution in [0.2, 0.25) is 5.02 Å². The molecule has 2 amide bonds. The molecule has 0 bridgehead atoms. The van der Waals surface area contributed by atoms with E-state index in [4.69, 9.17) is 11.6 Å². The first-order chi connectivity index (χ1) is 15.1. The highest BCUT2D eigenvalue weighted by atomic mass is 35.5. The average molecular weight is 451 g/mol. The summed E-state index contributed by atoms with van der Waals surface area (Å²) in [4.78, 5) is 27.9. The third-order valence-corrected chi connectivity index (χ3v) is 5.63. The molecule has 168 valence electrons. The molecule has 0 radical (unpaired) electrons. The number of hydrogen-bond donors (Lipinski definition) is 1. The van der Waals surface area contributed by atoms with Crippen LogP contribution in [0.25, 0.3) is 10.8 Å². The number of hydrogen-bond acceptors (Lipinski definition) is 2. The van der Waals surface area contributed by atoms with Crippen LogP contribution in [0.4, 0.5) is 0 Å². The van der Waals surface area contributed by atoms with Gasteiger partial charge in [0, 0.05) is 23.5 Å². The van der Waals surface area contributed by atoms with Crippen molar-refractivity contribution in [3.63, 3.8) is 0 Å². The Labute approximate surface area is 195 Å². The van der Waals surface area contributed by atoms with Crippen molar-refractivity contribution in [3.8, 4) is 0 Å². The van der Waals surface area contributed by atoms with Gasteiger partial charge < -0.3 is 10.2 Å². The van der Waals surface area contributed by atoms with Gasteiger partial charge in [0.2, 0.25) is 11.8 Å². The second-order valence-corrected chi connectivity index (χ2v) is 9.64. The van der Waals surface area contributed by atoms with E-state index >= 15 is 0 Å². The molecule has 0 saturated heterocycles. The molecule has 0 aliphatic rings. The minimum atomic E-state index is -0.603. The van der Waals surface area contributed by atoms with Crippen LogP contribution in [0, 0.1) is 0 Å². The summed E-state index contributed by atoms with van der Waals surface area (Å²) in [5.74, 6) is -0.229. The van der Waals surface area contributed by atoms with Crippen molar-refractivity contribution >= 4 is 34.2 Å². The highest BCUT2D eigenvalue weighted by Crippen LogP contribution is 2.21. The molecule has 0 unspecified atom stereocenters. The molecule has 3 aromatic carbocycles. The van der Waals surface area contributed by atoms with Crippen LogP contribution in [0.15, 0.2) is 66.7 Å². The summed E-state index contributed by atoms with van der Waals surface area (Å²) < 4.78 is 0. The van der Waals surface area contributed by atoms with Crippen LogP contribution in [0.1, 0.15) is 45.2 Å². The second kappa shape index (κ2) is 10.2. The van der Waals surface area contributed by atoms with Gasteiger partial charge in [0.05, 0.1) is 0 Å². The van der Waals surface area contributed by atoms with E-state index in [9.17, 15) is 9.59 Å². The normalized spacial score (nSPS) is 12.4. The van der Waals surface area contributed by atoms with E-state index in [0.29, 0.717) is 24.4 Å². The largest absolute Gasteiger partial charge is 0.350 e. The van der Waals surface area contributed by atoms with Crippen LogP contribution in [-0.2, 0) is 22.6 Å². The number of nitrogens with zero attached hydrogens (tertiary/aromatic N) is 1. The minimum Gasteiger partial charge on any atom is -0.350 e. The lowest BCUT2D eigenvalue weighted by Gasteiger charge is -2.31. The highest BCUT2D eigenvalue weighted by molar-refractivity contribution is 6.30. The number of carbonyl (C=O) groups excluding carboxylic acids is 2. The van der Waals surface area contributed by atoms with Crippen molar-refractivity contribution in [2.75, 3.05) is 0 Å². The molecule has 0 saturated carbocycles. The summed E-state index contributed by atoms with van der Waals surface area (Å²) in [6, 6.07) is 21.1. The van der Waals surface area contributed by atoms with Crippen LogP contribution in [0.5, 0.6) is 0 Å². The van der Waals surface area contributed by atoms with E-state index in [0.717, 1.165) is 21.9 Å². The Bertz CT molecular complexity index is 1100. The van der Waals surface area contributed by atoms with E-state index < -0.39 is 6.04 Å². The summed E-state index contributed by atoms with van der Waals surface area (Å²) >= 11 is 6.15. The van der Waals surface area contributed by atoms with E-state index in [1.54, 1.807) is 17.9 Å². The van der Waals surface area contributed by atoms with Gasteiger partial charge in [-0.3, -0.25) is 9.59 Å². The molecule has 1 N–H and O–H groups in total. The molecule has 5 heteroatoms. The van der Waals surface area contributed by atoms with Crippen LogP contribution in [0.3, 0.4) is 0 Å². The predicted molar refractivity (Wildman–Crippen MR) is 132 cm³/mol. The van der Waals surface area contributed by atoms with Gasteiger partial charge in [-0.05, 0) is 68.1 Å². The molecular formula is C27H31ClN2O2. The number of fused-ring (bicyclic) bond motifs is 1. The Kier molecular flexibility index (Phi) is 7.57. The van der Waals surface area contributed by atoms with Crippen LogP contribution >= 0.6 is 11.6 Å². The van der Waals surface area contributed by atoms with Crippen molar-refractivity contribution in [1.82, 2.24) is 10.2 Å². The third-order valence-electron chi connectivity index (χ3n) is 5.40. The molecule has 1 atom stereocenters. The summed E-state index contributed by atoms with van der Waals surface area (Å²) in [5.41, 5.74) is 1.65. The zero-order valence-electron chi connectivity index (χ0n) is 19.2. The smallest absolute Gasteiger partial charge is 0.242 e. The summed E-state index contributed by atoms with van der Waals surface area (Å²) in [6.07, 6.45) is 0.932. The van der Waals surface area contributed by atoms with Gasteiger partial charge in [-0.15, -0.1) is 0 Å². The van der Waals surface area contributed by atoms with E-state index in [1.807, 2.05) is 57.2 Å². The number of nitrogens with one attached hydrogen (secondary N) is 1. The fraction of sp³-hybridized carbons (Fsp3) is 0.333. The second-order valence-electron chi connectivity index (χ2n) is 9.21. The van der Waals surface area contributed by atoms with Gasteiger partial charge in [0.25, 0.3) is 0 Å². The van der Waals surface area contributed by atoms with Crippen molar-refractivity contribution in [1.29, 1.82) is 0 Å². The molecule has 4 nitrogen and oxygen atoms in total. The minimum absolute atomic E-state index is 0.0607. The number of carbonyl (C=O) groups is 2. The number of amides is 2. The molecule has 0 aliphatic heterocycles. The molecule has 0 spiro atoms. The first kappa shape index (κ1) is 23.8. The Balaban J connectivity index is 1.81. The van der Waals surface area contributed by atoms with Gasteiger partial charge in [0.1, 0.15) is 6.04 Å². The van der Waals surface area contributed by atoms with Gasteiger partial charge in [-0.25, -0.2) is 0 Å². The van der Waals surface area contributed by atoms with E-state index in [1.165, 1.54) is 0 Å². The van der Waals surface area contributed by atoms with Crippen molar-refractivity contribution < 1.29 is 9.59 Å². The maximum atomic E-state index is 13.4. The predicted octanol–water partition coefficient (Wildman–Crippen LogP) is 5.76. The van der Waals surface area contributed by atoms with E-state index in [-0.39, 0.29) is 17.4 Å². The van der Waals surface area contributed by atoms with Crippen molar-refractivity contribution in [2.24, 2.45) is 0 Å². The first-order valence-corrected chi connectivity index (χ1v) is 11.3. The maximum Gasteiger partial charge on any atom is 0.242 e. The summed E-state index contributed by atoms with van der Waals surface area (Å²) in [7, 11) is 0. The highest BCUT2D eigenvalue weighted by Gasteiger charge is 2.28. The summed E-state index contributed by atoms with van der Waals surface area (Å²) in [6.45, 7) is 7.90. The lowest BCUT2D eigenvalue weighted by atomic mass is 10.0. The zero-order valence-corrected chi connectivity index (χ0v) is 19.9. The molecule has 0 aliphatic carbocycles. The topological polar surface area (TPSA) is 49.4 Å². The number of rotatable bonds is 7. The van der Waals surface area contributed by atoms with E-state index in [2.05, 4.69) is 29.6 Å². The number of benzene rings is 3. The van der Waals surface area contributed by atoms with Crippen molar-refractivity contribution in [2.45, 2.75) is 58.7 Å². The SMILES string of the molecule is C[C@H](C(=O)NC(C)(C)C)N(Cc1cccc(Cl)c1)C(=O)CCc1cccc2ccccc12. The maximum absolute atomic E-state index is 13.4. The fourth-order valence-electron chi connectivity index (χ4n) is 3.78. The van der Waals surface area contributed by atoms with Gasteiger partial charge in [0.15, 0.2) is 0 Å². The molecule has 32 heavy (non-hydrogen) atoms. The van der Waals surface area contributed by atoms with Crippen LogP contribution in [-0.4, -0.2) is 28.3 Å². The molecule has 3 rings (SSSR count). The lowest BCUT2D eigenvalue weighted by Crippen LogP contribution is -2.52. The quantitative estimate of drug-likeness (QED) is 0.497. The van der Waals surface area contributed by atoms with Crippen molar-refractivity contribution in [3.05, 3.63) is 82.9 Å². The Morgan fingerprint density at radius 2 is 1.69 bits per heavy atom. The molecule has 0 fully saturated rings. The Morgan fingerprint density at radius 3 is 2.41 bits per heavy atom. The standard InChI is InChI=1S/C27H31ClN2O2/c1-19(26(32)29-27(2,3)4)30(18-20-9-7-13-23(28)17-20)25(31)16-15-22-12-8-11-21-10-5-6-14-24(21)22/h5-14,17,19H,15-16,18H2,1-4H3,(H,29,32)/t19-/m1/s1. The monoisotopic (exact) mass is 450 g/mol. The molecular weight excluding hydrogens is 420 g/mol. The van der Waals surface area contributed by atoms with Gasteiger partial charge >= 0.3 is 0 Å². The number of halogens is 1. The molecule has 3 aromatic rings. The average Bonchev–Trinajstić information content (AvgIpc) is 2.74. The molecule has 0 aromatic heterocycles. The summed E-state index contributed by atoms with van der Waals surface area (Å²) in [5, 5.41) is 5.91. The number of aryl methyl sites for hydroxylation is 1. The fourth-order valence-corrected chi connectivity index (χ4v) is 4.00. The van der Waals surface area contributed by atoms with Crippen LogP contribution < -0.4 is 5.32 Å². The lowest BCUT2D eigenvalue weighted by molar-refractivity contribution is -0.141. The molecule has 0 heterocycles. The van der Waals surface area contributed by atoms with Gasteiger partial charge in [-0.1, -0.05) is 66.2 Å². The zero-order chi connectivity index (χ0) is 23.3. The first-order valence-electron chi connectivity index (χ1n) is 11.0. The third kappa shape index (κ3) is 6.33. The Morgan fingerprint density at radius 1 is 1.00 bits per heavy atom. The Hall–Kier alpha value is -2.85.